The lowest BCUT2D eigenvalue weighted by Gasteiger charge is -2.29. The number of fused-ring (bicyclic) bond motifs is 1. The van der Waals surface area contributed by atoms with Gasteiger partial charge in [-0.1, -0.05) is 27.7 Å². The summed E-state index contributed by atoms with van der Waals surface area (Å²) in [6, 6.07) is 11.2. The maximum absolute atomic E-state index is 12.3. The summed E-state index contributed by atoms with van der Waals surface area (Å²) in [5.41, 5.74) is 0.980. The number of ether oxygens (including phenoxy) is 1. The van der Waals surface area contributed by atoms with Crippen LogP contribution in [0.15, 0.2) is 51.8 Å². The number of thioether (sulfide) groups is 1. The van der Waals surface area contributed by atoms with E-state index >= 15 is 0 Å². The molecule has 0 radical (unpaired) electrons. The monoisotopic (exact) mass is 442 g/mol. The Labute approximate surface area is 160 Å². The molecule has 1 aliphatic rings. The number of carbonyl (C=O) groups excluding carboxylic acids is 2. The Balaban J connectivity index is 1.67. The molecule has 136 valence electrons. The molecule has 0 aliphatic carbocycles. The van der Waals surface area contributed by atoms with E-state index in [9.17, 15) is 18.4 Å². The third kappa shape index (κ3) is 4.53. The van der Waals surface area contributed by atoms with Gasteiger partial charge in [-0.15, -0.1) is 0 Å². The normalized spacial score (nSPS) is 13.4. The smallest absolute Gasteiger partial charge is 0.288 e. The molecule has 0 unspecified atom stereocenters. The third-order valence-electron chi connectivity index (χ3n) is 3.53. The molecule has 0 saturated carbocycles. The van der Waals surface area contributed by atoms with E-state index in [2.05, 4.69) is 21.2 Å². The van der Waals surface area contributed by atoms with Crippen LogP contribution in [0.25, 0.3) is 0 Å². The van der Waals surface area contributed by atoms with Crippen molar-refractivity contribution < 1.29 is 23.1 Å². The fraction of sp³-hybridized carbons (Fsp3) is 0.176. The first-order valence-corrected chi connectivity index (χ1v) is 9.17. The van der Waals surface area contributed by atoms with Crippen molar-refractivity contribution in [3.63, 3.8) is 0 Å². The summed E-state index contributed by atoms with van der Waals surface area (Å²) in [5.74, 6) is -2.70. The molecule has 2 amide bonds. The molecule has 0 spiro atoms. The molecule has 1 heterocycles. The summed E-state index contributed by atoms with van der Waals surface area (Å²) in [5, 5.41) is 2.65. The Kier molecular flexibility index (Phi) is 5.77. The van der Waals surface area contributed by atoms with Gasteiger partial charge in [-0.05, 0) is 42.5 Å². The molecule has 26 heavy (non-hydrogen) atoms. The Morgan fingerprint density at radius 3 is 2.69 bits per heavy atom. The van der Waals surface area contributed by atoms with Crippen molar-refractivity contribution in [2.45, 2.75) is 10.7 Å². The summed E-state index contributed by atoms with van der Waals surface area (Å²) in [4.78, 5) is 26.2. The second-order valence-electron chi connectivity index (χ2n) is 5.33. The van der Waals surface area contributed by atoms with E-state index in [0.29, 0.717) is 33.8 Å². The van der Waals surface area contributed by atoms with Crippen LogP contribution in [-0.4, -0.2) is 30.7 Å². The fourth-order valence-corrected chi connectivity index (χ4v) is 3.25. The highest BCUT2D eigenvalue weighted by atomic mass is 79.9. The van der Waals surface area contributed by atoms with Gasteiger partial charge in [0, 0.05) is 15.1 Å². The molecule has 0 bridgehead atoms. The van der Waals surface area contributed by atoms with Gasteiger partial charge < -0.3 is 10.1 Å². The number of hydrogen-bond donors (Lipinski definition) is 1. The van der Waals surface area contributed by atoms with Crippen molar-refractivity contribution in [3.05, 3.63) is 46.9 Å². The lowest BCUT2D eigenvalue weighted by atomic mass is 10.2. The van der Waals surface area contributed by atoms with Crippen LogP contribution in [0.4, 0.5) is 20.2 Å². The molecule has 1 aliphatic heterocycles. The van der Waals surface area contributed by atoms with Gasteiger partial charge in [0.1, 0.15) is 12.3 Å². The highest BCUT2D eigenvalue weighted by molar-refractivity contribution is 9.10. The molecule has 5 nitrogen and oxygen atoms in total. The fourth-order valence-electron chi connectivity index (χ4n) is 2.42. The Morgan fingerprint density at radius 1 is 1.27 bits per heavy atom. The number of halogens is 3. The average Bonchev–Trinajstić information content (AvgIpc) is 2.59. The van der Waals surface area contributed by atoms with E-state index in [1.807, 2.05) is 0 Å². The van der Waals surface area contributed by atoms with Crippen molar-refractivity contribution >= 4 is 50.9 Å². The molecule has 0 saturated heterocycles. The van der Waals surface area contributed by atoms with Crippen LogP contribution in [0.2, 0.25) is 0 Å². The lowest BCUT2D eigenvalue weighted by molar-refractivity contribution is -0.123. The van der Waals surface area contributed by atoms with Crippen LogP contribution in [0.1, 0.15) is 0 Å². The molecular formula is C17H13BrF2N2O3S. The van der Waals surface area contributed by atoms with E-state index < -0.39 is 11.7 Å². The van der Waals surface area contributed by atoms with Crippen molar-refractivity contribution in [3.8, 4) is 5.75 Å². The van der Waals surface area contributed by atoms with Crippen LogP contribution < -0.4 is 15.0 Å². The maximum Gasteiger partial charge on any atom is 0.288 e. The van der Waals surface area contributed by atoms with Crippen LogP contribution in [-0.2, 0) is 9.59 Å². The van der Waals surface area contributed by atoms with Gasteiger partial charge in [-0.3, -0.25) is 14.5 Å². The molecule has 0 fully saturated rings. The predicted molar refractivity (Wildman–Crippen MR) is 98.9 cm³/mol. The van der Waals surface area contributed by atoms with Crippen molar-refractivity contribution in [1.82, 2.24) is 0 Å². The molecule has 2 aromatic rings. The minimum Gasteiger partial charge on any atom is -0.482 e. The molecule has 2 aromatic carbocycles. The van der Waals surface area contributed by atoms with E-state index in [1.54, 1.807) is 18.2 Å². The Bertz CT molecular complexity index is 833. The van der Waals surface area contributed by atoms with Crippen molar-refractivity contribution in [2.75, 3.05) is 23.4 Å². The van der Waals surface area contributed by atoms with E-state index in [-0.39, 0.29) is 19.1 Å². The number of alkyl halides is 2. The Hall–Kier alpha value is -2.13. The first kappa shape index (κ1) is 18.7. The highest BCUT2D eigenvalue weighted by Gasteiger charge is 2.27. The van der Waals surface area contributed by atoms with Crippen LogP contribution in [0.5, 0.6) is 5.75 Å². The zero-order valence-corrected chi connectivity index (χ0v) is 15.6. The van der Waals surface area contributed by atoms with Gasteiger partial charge in [0.25, 0.3) is 11.7 Å². The zero-order chi connectivity index (χ0) is 18.7. The molecule has 0 aromatic heterocycles. The molecule has 3 rings (SSSR count). The summed E-state index contributed by atoms with van der Waals surface area (Å²) in [6.45, 7) is -0.319. The van der Waals surface area contributed by atoms with E-state index in [4.69, 9.17) is 4.74 Å². The first-order valence-electron chi connectivity index (χ1n) is 7.50. The quantitative estimate of drug-likeness (QED) is 0.707. The third-order valence-corrected chi connectivity index (χ3v) is 4.75. The largest absolute Gasteiger partial charge is 0.482 e. The number of amides is 2. The van der Waals surface area contributed by atoms with Crippen molar-refractivity contribution in [2.24, 2.45) is 0 Å². The SMILES string of the molecule is O=C(CN1C(=O)COc2cc(Br)ccc21)Nc1ccc(SC(F)F)cc1. The van der Waals surface area contributed by atoms with Crippen LogP contribution >= 0.6 is 27.7 Å². The van der Waals surface area contributed by atoms with Gasteiger partial charge >= 0.3 is 0 Å². The van der Waals surface area contributed by atoms with Gasteiger partial charge in [0.15, 0.2) is 6.61 Å². The van der Waals surface area contributed by atoms with Crippen LogP contribution in [0, 0.1) is 0 Å². The second-order valence-corrected chi connectivity index (χ2v) is 7.31. The predicted octanol–water partition coefficient (Wildman–Crippen LogP) is 4.13. The number of benzene rings is 2. The second kappa shape index (κ2) is 8.05. The van der Waals surface area contributed by atoms with Crippen LogP contribution in [0.3, 0.4) is 0 Å². The molecule has 1 N–H and O–H groups in total. The van der Waals surface area contributed by atoms with Gasteiger partial charge in [-0.25, -0.2) is 0 Å². The summed E-state index contributed by atoms with van der Waals surface area (Å²) in [6.07, 6.45) is 0. The van der Waals surface area contributed by atoms with E-state index in [0.717, 1.165) is 4.47 Å². The van der Waals surface area contributed by atoms with Crippen molar-refractivity contribution in [1.29, 1.82) is 0 Å². The Morgan fingerprint density at radius 2 is 2.00 bits per heavy atom. The van der Waals surface area contributed by atoms with Gasteiger partial charge in [-0.2, -0.15) is 8.78 Å². The number of rotatable bonds is 5. The number of nitrogens with one attached hydrogen (secondary N) is 1. The maximum atomic E-state index is 12.3. The summed E-state index contributed by atoms with van der Waals surface area (Å²) in [7, 11) is 0. The zero-order valence-electron chi connectivity index (χ0n) is 13.2. The topological polar surface area (TPSA) is 58.6 Å². The minimum absolute atomic E-state index is 0.143. The molecule has 0 atom stereocenters. The van der Waals surface area contributed by atoms with Gasteiger partial charge in [0.2, 0.25) is 5.91 Å². The lowest BCUT2D eigenvalue weighted by Crippen LogP contribution is -2.43. The average molecular weight is 443 g/mol. The minimum atomic E-state index is -2.50. The van der Waals surface area contributed by atoms with E-state index in [1.165, 1.54) is 29.2 Å². The van der Waals surface area contributed by atoms with Gasteiger partial charge in [0.05, 0.1) is 5.69 Å². The first-order chi connectivity index (χ1) is 12.4. The number of carbonyl (C=O) groups is 2. The molecule has 9 heteroatoms. The summed E-state index contributed by atoms with van der Waals surface area (Å²) >= 11 is 3.76. The summed E-state index contributed by atoms with van der Waals surface area (Å²) < 4.78 is 30.8. The number of anilines is 2. The standard InChI is InChI=1S/C17H13BrF2N2O3S/c18-10-1-6-13-14(7-10)25-9-16(24)22(13)8-15(23)21-11-2-4-12(5-3-11)26-17(19)20/h1-7,17H,8-9H2,(H,21,23). The number of nitrogens with zero attached hydrogens (tertiary/aromatic N) is 1. The number of hydrogen-bond acceptors (Lipinski definition) is 4. The highest BCUT2D eigenvalue weighted by Crippen LogP contribution is 2.34. The molecular weight excluding hydrogens is 430 g/mol.